The summed E-state index contributed by atoms with van der Waals surface area (Å²) in [4.78, 5) is 71.9. The van der Waals surface area contributed by atoms with E-state index in [2.05, 4.69) is 5.43 Å². The van der Waals surface area contributed by atoms with Crippen LogP contribution >= 0.6 is 11.6 Å². The van der Waals surface area contributed by atoms with Gasteiger partial charge in [0.05, 0.1) is 46.7 Å². The van der Waals surface area contributed by atoms with Crippen molar-refractivity contribution >= 4 is 52.4 Å². The monoisotopic (exact) mass is 729 g/mol. The van der Waals surface area contributed by atoms with Gasteiger partial charge < -0.3 is 9.84 Å². The van der Waals surface area contributed by atoms with Gasteiger partial charge in [-0.3, -0.25) is 34.3 Å². The first kappa shape index (κ1) is 34.4. The summed E-state index contributed by atoms with van der Waals surface area (Å²) in [5.41, 5.74) is 5.81. The number of hydrazine groups is 1. The van der Waals surface area contributed by atoms with E-state index in [9.17, 15) is 24.3 Å². The molecule has 4 aromatic rings. The van der Waals surface area contributed by atoms with Crippen molar-refractivity contribution in [2.75, 3.05) is 17.4 Å². The van der Waals surface area contributed by atoms with Gasteiger partial charge in [0.1, 0.15) is 0 Å². The number of ketones is 1. The number of fused-ring (bicyclic) bond motifs is 4. The van der Waals surface area contributed by atoms with Crippen molar-refractivity contribution in [3.63, 3.8) is 0 Å². The van der Waals surface area contributed by atoms with E-state index in [4.69, 9.17) is 16.3 Å². The molecule has 0 bridgehead atoms. The zero-order valence-electron chi connectivity index (χ0n) is 29.2. The highest BCUT2D eigenvalue weighted by atomic mass is 35.5. The molecule has 3 fully saturated rings. The molecule has 2 aliphatic carbocycles. The Kier molecular flexibility index (Phi) is 8.25. The Hall–Kier alpha value is -5.74. The average molecular weight is 730 g/mol. The standard InChI is InChI=1S/C42H36ClN3O7/c1-22-9-13-27(14-10-22)44-46-39(50)32-21-31-29(17-18-30-35(31)40(51)45(38(30)49)28-15-11-24(12-16-28)23(2)47)36(25-19-33(43)37(48)34(20-25)53-3)42(32,41(46)52)26-7-5-4-6-8-26/h4-17,19-20,30-32,35-36,44,48H,18,21H2,1-3H3. The van der Waals surface area contributed by atoms with Crippen molar-refractivity contribution in [1.82, 2.24) is 5.01 Å². The average Bonchev–Trinajstić information content (AvgIpc) is 3.54. The van der Waals surface area contributed by atoms with Crippen LogP contribution in [0.5, 0.6) is 11.5 Å². The molecule has 53 heavy (non-hydrogen) atoms. The Morgan fingerprint density at radius 2 is 1.60 bits per heavy atom. The number of aryl methyl sites for hydroxylation is 1. The topological polar surface area (TPSA) is 133 Å². The maximum Gasteiger partial charge on any atom is 0.260 e. The van der Waals surface area contributed by atoms with Crippen LogP contribution in [0.2, 0.25) is 5.02 Å². The first-order valence-corrected chi connectivity index (χ1v) is 17.9. The van der Waals surface area contributed by atoms with Crippen molar-refractivity contribution in [3.8, 4) is 11.5 Å². The largest absolute Gasteiger partial charge is 0.503 e. The number of halogens is 1. The summed E-state index contributed by atoms with van der Waals surface area (Å²) in [6, 6.07) is 26.1. The predicted molar refractivity (Wildman–Crippen MR) is 197 cm³/mol. The number of methoxy groups -OCH3 is 1. The molecule has 2 N–H and O–H groups in total. The summed E-state index contributed by atoms with van der Waals surface area (Å²) < 4.78 is 5.53. The second-order valence-electron chi connectivity index (χ2n) is 14.3. The number of hydrogen-bond donors (Lipinski definition) is 2. The minimum Gasteiger partial charge on any atom is -0.503 e. The van der Waals surface area contributed by atoms with Gasteiger partial charge in [0, 0.05) is 11.5 Å². The highest BCUT2D eigenvalue weighted by Gasteiger charge is 2.70. The highest BCUT2D eigenvalue weighted by Crippen LogP contribution is 2.64. The second kappa shape index (κ2) is 12.7. The molecule has 10 nitrogen and oxygen atoms in total. The Balaban J connectivity index is 1.32. The van der Waals surface area contributed by atoms with E-state index in [0.717, 1.165) is 16.1 Å². The molecule has 0 aromatic heterocycles. The van der Waals surface area contributed by atoms with Crippen LogP contribution in [0.1, 0.15) is 52.7 Å². The van der Waals surface area contributed by atoms with E-state index in [0.29, 0.717) is 28.1 Å². The number of carbonyl (C=O) groups is 5. The molecule has 4 aromatic carbocycles. The number of nitrogens with one attached hydrogen (secondary N) is 1. The number of phenols is 1. The number of Topliss-reactive ketones (excluding diaryl/α,β-unsaturated/α-hetero) is 1. The molecular formula is C42H36ClN3O7. The summed E-state index contributed by atoms with van der Waals surface area (Å²) in [7, 11) is 1.40. The molecule has 268 valence electrons. The molecule has 2 heterocycles. The van der Waals surface area contributed by atoms with Crippen LogP contribution in [-0.4, -0.2) is 46.6 Å². The third kappa shape index (κ3) is 5.10. The number of nitrogens with zero attached hydrogens (tertiary/aromatic N) is 2. The fourth-order valence-corrected chi connectivity index (χ4v) is 9.36. The fraction of sp³-hybridized carbons (Fsp3) is 0.262. The lowest BCUT2D eigenvalue weighted by atomic mass is 9.49. The first-order valence-electron chi connectivity index (χ1n) is 17.5. The predicted octanol–water partition coefficient (Wildman–Crippen LogP) is 6.75. The molecule has 11 heteroatoms. The first-order chi connectivity index (χ1) is 25.5. The van der Waals surface area contributed by atoms with E-state index in [1.165, 1.54) is 18.9 Å². The molecule has 0 radical (unpaired) electrons. The van der Waals surface area contributed by atoms with Gasteiger partial charge in [0.15, 0.2) is 17.3 Å². The number of phenolic OH excluding ortho intramolecular Hbond substituents is 1. The lowest BCUT2D eigenvalue weighted by Crippen LogP contribution is -2.53. The molecule has 2 saturated heterocycles. The molecule has 2 aliphatic heterocycles. The number of allylic oxidation sites excluding steroid dienone is 2. The van der Waals surface area contributed by atoms with Gasteiger partial charge in [-0.25, -0.2) is 0 Å². The van der Waals surface area contributed by atoms with Crippen LogP contribution < -0.4 is 15.1 Å². The summed E-state index contributed by atoms with van der Waals surface area (Å²) in [6.07, 6.45) is 2.30. The van der Waals surface area contributed by atoms with Gasteiger partial charge in [-0.15, -0.1) is 0 Å². The van der Waals surface area contributed by atoms with Crippen molar-refractivity contribution in [2.24, 2.45) is 23.7 Å². The van der Waals surface area contributed by atoms with Crippen LogP contribution in [-0.2, 0) is 24.6 Å². The smallest absolute Gasteiger partial charge is 0.260 e. The molecule has 4 amide bonds. The van der Waals surface area contributed by atoms with Gasteiger partial charge in [0.25, 0.3) is 11.8 Å². The van der Waals surface area contributed by atoms with Crippen molar-refractivity contribution in [1.29, 1.82) is 0 Å². The Morgan fingerprint density at radius 3 is 2.26 bits per heavy atom. The molecule has 1 saturated carbocycles. The van der Waals surface area contributed by atoms with Crippen molar-refractivity contribution in [2.45, 2.75) is 38.0 Å². The number of rotatable bonds is 7. The number of hydrogen-bond acceptors (Lipinski definition) is 8. The summed E-state index contributed by atoms with van der Waals surface area (Å²) in [5, 5.41) is 11.9. The Morgan fingerprint density at radius 1 is 0.906 bits per heavy atom. The van der Waals surface area contributed by atoms with E-state index in [-0.39, 0.29) is 41.1 Å². The van der Waals surface area contributed by atoms with Crippen LogP contribution in [0.3, 0.4) is 0 Å². The quantitative estimate of drug-likeness (QED) is 0.121. The SMILES string of the molecule is COc1cc(C2C3=CCC4C(=O)N(c5ccc(C(C)=O)cc5)C(=O)C4C3CC3C(=O)N(Nc4ccc(C)cc4)C(=O)C32c2ccccc2)cc(Cl)c1O. The van der Waals surface area contributed by atoms with Gasteiger partial charge in [0.2, 0.25) is 11.8 Å². The number of anilines is 2. The zero-order chi connectivity index (χ0) is 37.3. The third-order valence-electron chi connectivity index (χ3n) is 11.5. The van der Waals surface area contributed by atoms with Crippen LogP contribution in [0.4, 0.5) is 11.4 Å². The number of carbonyl (C=O) groups excluding carboxylic acids is 5. The molecule has 8 rings (SSSR count). The Bertz CT molecular complexity index is 2240. The maximum absolute atomic E-state index is 15.3. The third-order valence-corrected chi connectivity index (χ3v) is 11.8. The molecule has 0 spiro atoms. The van der Waals surface area contributed by atoms with Crippen molar-refractivity contribution < 1.29 is 33.8 Å². The van der Waals surface area contributed by atoms with Crippen LogP contribution in [0, 0.1) is 30.6 Å². The number of benzene rings is 4. The second-order valence-corrected chi connectivity index (χ2v) is 14.7. The zero-order valence-corrected chi connectivity index (χ0v) is 30.0. The fourth-order valence-electron chi connectivity index (χ4n) is 9.14. The summed E-state index contributed by atoms with van der Waals surface area (Å²) >= 11 is 6.64. The van der Waals surface area contributed by atoms with Crippen LogP contribution in [0.25, 0.3) is 0 Å². The summed E-state index contributed by atoms with van der Waals surface area (Å²) in [6.45, 7) is 3.39. The molecular weight excluding hydrogens is 694 g/mol. The van der Waals surface area contributed by atoms with E-state index >= 15 is 4.79 Å². The van der Waals surface area contributed by atoms with Crippen molar-refractivity contribution in [3.05, 3.63) is 130 Å². The normalized spacial score (nSPS) is 26.2. The van der Waals surface area contributed by atoms with Gasteiger partial charge in [-0.1, -0.05) is 71.3 Å². The highest BCUT2D eigenvalue weighted by molar-refractivity contribution is 6.32. The molecule has 4 aliphatic rings. The van der Waals surface area contributed by atoms with E-state index in [1.54, 1.807) is 48.5 Å². The molecule has 6 atom stereocenters. The van der Waals surface area contributed by atoms with Gasteiger partial charge in [-0.05, 0) is 92.3 Å². The van der Waals surface area contributed by atoms with E-state index in [1.807, 2.05) is 55.5 Å². The summed E-state index contributed by atoms with van der Waals surface area (Å²) in [5.74, 6) is -5.95. The lowest BCUT2D eigenvalue weighted by Gasteiger charge is -2.50. The Labute approximate surface area is 311 Å². The maximum atomic E-state index is 15.3. The number of ether oxygens (including phenoxy) is 1. The number of imide groups is 2. The van der Waals surface area contributed by atoms with E-state index < -0.39 is 52.7 Å². The lowest BCUT2D eigenvalue weighted by molar-refractivity contribution is -0.138. The van der Waals surface area contributed by atoms with Gasteiger partial charge >= 0.3 is 0 Å². The minimum absolute atomic E-state index is 0.00534. The number of amides is 4. The number of aromatic hydroxyl groups is 1. The minimum atomic E-state index is -1.51. The van der Waals surface area contributed by atoms with Crippen LogP contribution in [0.15, 0.2) is 103 Å². The van der Waals surface area contributed by atoms with Gasteiger partial charge in [-0.2, -0.15) is 5.01 Å². The molecule has 6 unspecified atom stereocenters.